The average molecular weight is 389 g/mol. The van der Waals surface area contributed by atoms with Gasteiger partial charge in [0.15, 0.2) is 0 Å². The van der Waals surface area contributed by atoms with E-state index in [-0.39, 0.29) is 5.56 Å². The van der Waals surface area contributed by atoms with Gasteiger partial charge in [0.05, 0.1) is 33.0 Å². The van der Waals surface area contributed by atoms with Gasteiger partial charge in [-0.15, -0.1) is 0 Å². The number of ether oxygens (including phenoxy) is 4. The molecule has 0 spiro atoms. The number of rotatable bonds is 6. The third kappa shape index (κ3) is 4.88. The van der Waals surface area contributed by atoms with E-state index >= 15 is 0 Å². The van der Waals surface area contributed by atoms with Gasteiger partial charge >= 0.3 is 17.9 Å². The maximum atomic E-state index is 13.1. The Bertz CT molecular complexity index is 812. The molecule has 8 heteroatoms. The smallest absolute Gasteiger partial charge is 0.336 e. The number of nitriles is 1. The number of hydrogen-bond acceptors (Lipinski definition) is 8. The molecule has 0 saturated carbocycles. The van der Waals surface area contributed by atoms with E-state index in [1.807, 2.05) is 6.07 Å². The van der Waals surface area contributed by atoms with E-state index in [2.05, 4.69) is 4.74 Å². The van der Waals surface area contributed by atoms with E-state index in [0.29, 0.717) is 5.75 Å². The lowest BCUT2D eigenvalue weighted by molar-refractivity contribution is -0.160. The zero-order chi connectivity index (χ0) is 21.5. The molecule has 1 aromatic rings. The van der Waals surface area contributed by atoms with Gasteiger partial charge in [-0.2, -0.15) is 5.26 Å². The lowest BCUT2D eigenvalue weighted by Crippen LogP contribution is -2.44. The van der Waals surface area contributed by atoms with Gasteiger partial charge in [-0.1, -0.05) is 12.1 Å². The van der Waals surface area contributed by atoms with Gasteiger partial charge in [-0.3, -0.25) is 0 Å². The summed E-state index contributed by atoms with van der Waals surface area (Å²) >= 11 is 0. The van der Waals surface area contributed by atoms with Gasteiger partial charge < -0.3 is 18.9 Å². The van der Waals surface area contributed by atoms with Crippen LogP contribution in [0.2, 0.25) is 0 Å². The first-order valence-electron chi connectivity index (χ1n) is 8.23. The molecule has 1 aromatic carbocycles. The van der Waals surface area contributed by atoms with Gasteiger partial charge in [0.25, 0.3) is 0 Å². The molecule has 8 nitrogen and oxygen atoms in total. The predicted octanol–water partition coefficient (Wildman–Crippen LogP) is 2.07. The number of hydrogen-bond donors (Lipinski definition) is 0. The highest BCUT2D eigenvalue weighted by molar-refractivity contribution is 6.07. The van der Waals surface area contributed by atoms with E-state index < -0.39 is 34.5 Å². The van der Waals surface area contributed by atoms with Gasteiger partial charge in [-0.25, -0.2) is 14.4 Å². The Morgan fingerprint density at radius 2 is 1.57 bits per heavy atom. The molecule has 0 radical (unpaired) electrons. The molecule has 0 bridgehead atoms. The molecule has 0 aliphatic rings. The summed E-state index contributed by atoms with van der Waals surface area (Å²) in [4.78, 5) is 37.4. The largest absolute Gasteiger partial charge is 0.497 e. The Kier molecular flexibility index (Phi) is 7.33. The van der Waals surface area contributed by atoms with Crippen LogP contribution < -0.4 is 4.74 Å². The number of methoxy groups -OCH3 is 3. The first-order chi connectivity index (χ1) is 13.0. The summed E-state index contributed by atoms with van der Waals surface area (Å²) in [6.07, 6.45) is 0.753. The van der Waals surface area contributed by atoms with E-state index in [0.717, 1.165) is 20.3 Å². The van der Waals surface area contributed by atoms with Crippen LogP contribution in [0.3, 0.4) is 0 Å². The van der Waals surface area contributed by atoms with E-state index in [9.17, 15) is 19.6 Å². The van der Waals surface area contributed by atoms with Crippen molar-refractivity contribution in [1.82, 2.24) is 0 Å². The van der Waals surface area contributed by atoms with Crippen LogP contribution in [0.1, 0.15) is 26.3 Å². The first-order valence-corrected chi connectivity index (χ1v) is 8.23. The second kappa shape index (κ2) is 9.04. The fraction of sp³-hybridized carbons (Fsp3) is 0.400. The Labute approximate surface area is 163 Å². The molecule has 1 rings (SSSR count). The number of carbonyl (C=O) groups is 3. The molecule has 0 saturated heterocycles. The second-order valence-electron chi connectivity index (χ2n) is 6.66. The van der Waals surface area contributed by atoms with Gasteiger partial charge in [0.2, 0.25) is 5.41 Å². The van der Waals surface area contributed by atoms with E-state index in [1.165, 1.54) is 31.4 Å². The molecular formula is C20H23NO7. The Morgan fingerprint density at radius 3 is 1.96 bits per heavy atom. The van der Waals surface area contributed by atoms with Crippen molar-refractivity contribution < 1.29 is 33.3 Å². The highest BCUT2D eigenvalue weighted by Gasteiger charge is 2.51. The van der Waals surface area contributed by atoms with Gasteiger partial charge in [0, 0.05) is 6.08 Å². The predicted molar refractivity (Wildman–Crippen MR) is 98.2 cm³/mol. The lowest BCUT2D eigenvalue weighted by atomic mass is 9.74. The fourth-order valence-corrected chi connectivity index (χ4v) is 2.36. The summed E-state index contributed by atoms with van der Waals surface area (Å²) in [5.74, 6) is -2.55. The van der Waals surface area contributed by atoms with E-state index in [1.54, 1.807) is 20.8 Å². The van der Waals surface area contributed by atoms with Crippen molar-refractivity contribution >= 4 is 17.9 Å². The zero-order valence-electron chi connectivity index (χ0n) is 16.7. The van der Waals surface area contributed by atoms with Crippen LogP contribution in [0.4, 0.5) is 0 Å². The Morgan fingerprint density at radius 1 is 1.00 bits per heavy atom. The van der Waals surface area contributed by atoms with Crippen molar-refractivity contribution in [2.45, 2.75) is 31.8 Å². The molecule has 0 heterocycles. The molecule has 0 unspecified atom stereocenters. The minimum atomic E-state index is -2.26. The topological polar surface area (TPSA) is 112 Å². The standard InChI is InChI=1S/C20H23NO7/c1-19(2,3)28-18(24)20(12-21,13-7-9-14(25-4)10-8-13)15(17(23)27-6)11-16(22)26-5/h7-11H,1-6H3/b15-11+/t20-/m0/s1. The third-order valence-electron chi connectivity index (χ3n) is 3.67. The first kappa shape index (κ1) is 22.7. The summed E-state index contributed by atoms with van der Waals surface area (Å²) < 4.78 is 19.8. The van der Waals surface area contributed by atoms with Crippen LogP contribution in [0, 0.1) is 11.3 Å². The van der Waals surface area contributed by atoms with Gasteiger partial charge in [-0.05, 0) is 38.5 Å². The SMILES string of the molecule is COC(=O)/C=C(\C(=O)OC)[C@@](C#N)(C(=O)OC(C)(C)C)c1ccc(OC)cc1. The zero-order valence-corrected chi connectivity index (χ0v) is 16.7. The molecule has 150 valence electrons. The van der Waals surface area contributed by atoms with Crippen LogP contribution in [0.15, 0.2) is 35.9 Å². The molecule has 0 aliphatic heterocycles. The molecule has 28 heavy (non-hydrogen) atoms. The fourth-order valence-electron chi connectivity index (χ4n) is 2.36. The molecule has 0 aliphatic carbocycles. The Balaban J connectivity index is 3.83. The maximum Gasteiger partial charge on any atom is 0.336 e. The number of carbonyl (C=O) groups excluding carboxylic acids is 3. The Hall–Kier alpha value is -3.34. The van der Waals surface area contributed by atoms with Crippen LogP contribution in [-0.4, -0.2) is 44.8 Å². The minimum Gasteiger partial charge on any atom is -0.497 e. The summed E-state index contributed by atoms with van der Waals surface area (Å²) in [5.41, 5.74) is -3.65. The van der Waals surface area contributed by atoms with Crippen LogP contribution in [-0.2, 0) is 34.0 Å². The van der Waals surface area contributed by atoms with Crippen molar-refractivity contribution in [2.75, 3.05) is 21.3 Å². The number of benzene rings is 1. The maximum absolute atomic E-state index is 13.1. The quantitative estimate of drug-likeness (QED) is 0.413. The third-order valence-corrected chi connectivity index (χ3v) is 3.67. The minimum absolute atomic E-state index is 0.102. The molecule has 0 aromatic heterocycles. The van der Waals surface area contributed by atoms with E-state index in [4.69, 9.17) is 14.2 Å². The summed E-state index contributed by atoms with van der Waals surface area (Å²) in [6.45, 7) is 4.84. The van der Waals surface area contributed by atoms with Crippen LogP contribution >= 0.6 is 0 Å². The summed E-state index contributed by atoms with van der Waals surface area (Å²) in [6, 6.07) is 7.73. The number of nitrogens with zero attached hydrogens (tertiary/aromatic N) is 1. The van der Waals surface area contributed by atoms with Crippen molar-refractivity contribution in [3.8, 4) is 11.8 Å². The van der Waals surface area contributed by atoms with Crippen LogP contribution in [0.5, 0.6) is 5.75 Å². The monoisotopic (exact) mass is 389 g/mol. The van der Waals surface area contributed by atoms with Crippen molar-refractivity contribution in [2.24, 2.45) is 0 Å². The molecule has 0 fully saturated rings. The van der Waals surface area contributed by atoms with Crippen molar-refractivity contribution in [3.05, 3.63) is 41.5 Å². The molecule has 0 N–H and O–H groups in total. The molecule has 1 atom stereocenters. The highest BCUT2D eigenvalue weighted by Crippen LogP contribution is 2.36. The summed E-state index contributed by atoms with van der Waals surface area (Å²) in [7, 11) is 3.62. The van der Waals surface area contributed by atoms with Crippen LogP contribution in [0.25, 0.3) is 0 Å². The lowest BCUT2D eigenvalue weighted by Gasteiger charge is -2.30. The van der Waals surface area contributed by atoms with Gasteiger partial charge in [0.1, 0.15) is 11.4 Å². The number of esters is 3. The molecule has 0 amide bonds. The second-order valence-corrected chi connectivity index (χ2v) is 6.66. The van der Waals surface area contributed by atoms with Crippen molar-refractivity contribution in [3.63, 3.8) is 0 Å². The average Bonchev–Trinajstić information content (AvgIpc) is 2.66. The molecular weight excluding hydrogens is 366 g/mol. The highest BCUT2D eigenvalue weighted by atomic mass is 16.6. The van der Waals surface area contributed by atoms with Crippen molar-refractivity contribution in [1.29, 1.82) is 5.26 Å². The normalized spacial score (nSPS) is 13.5. The summed E-state index contributed by atoms with van der Waals surface area (Å²) in [5, 5.41) is 10.0.